The summed E-state index contributed by atoms with van der Waals surface area (Å²) in [5.41, 5.74) is 6.43. The van der Waals surface area contributed by atoms with Crippen molar-refractivity contribution in [2.45, 2.75) is 6.42 Å². The van der Waals surface area contributed by atoms with Gasteiger partial charge in [-0.05, 0) is 30.7 Å². The summed E-state index contributed by atoms with van der Waals surface area (Å²) in [5, 5.41) is 0. The summed E-state index contributed by atoms with van der Waals surface area (Å²) < 4.78 is 27.3. The summed E-state index contributed by atoms with van der Waals surface area (Å²) >= 11 is 0. The minimum Gasteiger partial charge on any atom is -0.493 e. The Bertz CT molecular complexity index is 319. The van der Waals surface area contributed by atoms with Crippen molar-refractivity contribution in [1.82, 2.24) is 0 Å². The molecule has 0 atom stereocenters. The number of rotatable bonds is 6. The van der Waals surface area contributed by atoms with Crippen LogP contribution in [0.5, 0.6) is 17.2 Å². The maximum absolute atomic E-state index is 12.2. The van der Waals surface area contributed by atoms with E-state index >= 15 is 0 Å². The van der Waals surface area contributed by atoms with E-state index in [1.165, 1.54) is 14.2 Å². The number of methoxy groups -OCH3 is 2. The lowest BCUT2D eigenvalue weighted by atomic mass is 10.1. The number of halogens is 1. The third-order valence-corrected chi connectivity index (χ3v) is 2.15. The third-order valence-electron chi connectivity index (χ3n) is 2.15. The first kappa shape index (κ1) is 12.6. The molecule has 0 amide bonds. The van der Waals surface area contributed by atoms with Crippen molar-refractivity contribution >= 4 is 0 Å². The van der Waals surface area contributed by atoms with Crippen molar-refractivity contribution in [2.24, 2.45) is 5.73 Å². The average Bonchev–Trinajstić information content (AvgIpc) is 2.31. The van der Waals surface area contributed by atoms with Gasteiger partial charge in [0.1, 0.15) is 0 Å². The quantitative estimate of drug-likeness (QED) is 0.803. The van der Waals surface area contributed by atoms with Crippen LogP contribution >= 0.6 is 0 Å². The van der Waals surface area contributed by atoms with Crippen LogP contribution in [0.15, 0.2) is 12.1 Å². The van der Waals surface area contributed by atoms with Gasteiger partial charge in [0, 0.05) is 0 Å². The molecule has 1 aromatic carbocycles. The molecular weight excluding hydrogens is 213 g/mol. The van der Waals surface area contributed by atoms with Gasteiger partial charge in [-0.15, -0.1) is 0 Å². The summed E-state index contributed by atoms with van der Waals surface area (Å²) in [6, 6.07) is 3.53. The number of hydrogen-bond acceptors (Lipinski definition) is 4. The van der Waals surface area contributed by atoms with Gasteiger partial charge in [0.05, 0.1) is 14.2 Å². The maximum Gasteiger partial charge on any atom is 0.229 e. The van der Waals surface area contributed by atoms with E-state index in [1.54, 1.807) is 12.1 Å². The molecule has 0 spiro atoms. The zero-order valence-electron chi connectivity index (χ0n) is 9.46. The van der Waals surface area contributed by atoms with Crippen LogP contribution in [0.4, 0.5) is 4.39 Å². The Balaban J connectivity index is 3.14. The van der Waals surface area contributed by atoms with E-state index in [9.17, 15) is 4.39 Å². The van der Waals surface area contributed by atoms with Crippen LogP contribution in [0.2, 0.25) is 0 Å². The fourth-order valence-corrected chi connectivity index (χ4v) is 1.44. The number of nitrogens with two attached hydrogens (primary N) is 1. The van der Waals surface area contributed by atoms with Crippen LogP contribution < -0.4 is 19.9 Å². The highest BCUT2D eigenvalue weighted by atomic mass is 19.1. The van der Waals surface area contributed by atoms with E-state index in [0.29, 0.717) is 24.5 Å². The van der Waals surface area contributed by atoms with Crippen molar-refractivity contribution in [3.63, 3.8) is 0 Å². The van der Waals surface area contributed by atoms with Gasteiger partial charge in [0.25, 0.3) is 0 Å². The summed E-state index contributed by atoms with van der Waals surface area (Å²) in [4.78, 5) is 0. The Morgan fingerprint density at radius 2 is 1.75 bits per heavy atom. The molecule has 0 aliphatic heterocycles. The second-order valence-corrected chi connectivity index (χ2v) is 3.12. The van der Waals surface area contributed by atoms with Crippen LogP contribution in [-0.4, -0.2) is 27.6 Å². The van der Waals surface area contributed by atoms with Gasteiger partial charge in [0.15, 0.2) is 11.5 Å². The lowest BCUT2D eigenvalue weighted by Crippen LogP contribution is -2.04. The molecule has 0 aliphatic rings. The predicted molar refractivity (Wildman–Crippen MR) is 58.9 cm³/mol. The highest BCUT2D eigenvalue weighted by molar-refractivity contribution is 5.53. The lowest BCUT2D eigenvalue weighted by Gasteiger charge is -2.14. The molecule has 1 aromatic rings. The minimum atomic E-state index is -0.928. The first-order valence-electron chi connectivity index (χ1n) is 4.90. The van der Waals surface area contributed by atoms with Crippen LogP contribution in [0, 0.1) is 0 Å². The average molecular weight is 229 g/mol. The van der Waals surface area contributed by atoms with Gasteiger partial charge in [-0.3, -0.25) is 0 Å². The SMILES string of the molecule is COc1cc(CCN)cc(OC)c1OCF. The minimum absolute atomic E-state index is 0.272. The van der Waals surface area contributed by atoms with Crippen LogP contribution in [0.25, 0.3) is 0 Å². The third kappa shape index (κ3) is 2.76. The zero-order valence-corrected chi connectivity index (χ0v) is 9.46. The molecule has 0 heterocycles. The summed E-state index contributed by atoms with van der Waals surface area (Å²) in [6.07, 6.45) is 0.697. The van der Waals surface area contributed by atoms with Crippen molar-refractivity contribution < 1.29 is 18.6 Å². The molecule has 0 fully saturated rings. The molecule has 0 saturated carbocycles. The van der Waals surface area contributed by atoms with E-state index in [0.717, 1.165) is 5.56 Å². The van der Waals surface area contributed by atoms with Gasteiger partial charge < -0.3 is 19.9 Å². The normalized spacial score (nSPS) is 10.0. The molecule has 0 aromatic heterocycles. The molecule has 0 aliphatic carbocycles. The van der Waals surface area contributed by atoms with Gasteiger partial charge in [-0.2, -0.15) is 0 Å². The molecule has 2 N–H and O–H groups in total. The molecule has 0 unspecified atom stereocenters. The standard InChI is InChI=1S/C11H16FNO3/c1-14-9-5-8(3-4-13)6-10(15-2)11(9)16-7-12/h5-6H,3-4,7,13H2,1-2H3. The molecule has 4 nitrogen and oxygen atoms in total. The van der Waals surface area contributed by atoms with Crippen LogP contribution in [0.3, 0.4) is 0 Å². The van der Waals surface area contributed by atoms with Gasteiger partial charge in [0.2, 0.25) is 12.6 Å². The molecular formula is C11H16FNO3. The molecule has 1 rings (SSSR count). The van der Waals surface area contributed by atoms with E-state index in [1.807, 2.05) is 0 Å². The topological polar surface area (TPSA) is 53.7 Å². The Morgan fingerprint density at radius 3 is 2.12 bits per heavy atom. The first-order chi connectivity index (χ1) is 7.76. The molecule has 0 saturated heterocycles. The Kier molecular flexibility index (Phi) is 4.85. The lowest BCUT2D eigenvalue weighted by molar-refractivity contribution is 0.177. The molecule has 0 radical (unpaired) electrons. The van der Waals surface area contributed by atoms with Gasteiger partial charge >= 0.3 is 0 Å². The summed E-state index contributed by atoms with van der Waals surface area (Å²) in [5.74, 6) is 1.16. The summed E-state index contributed by atoms with van der Waals surface area (Å²) in [6.45, 7) is -0.404. The maximum atomic E-state index is 12.2. The van der Waals surface area contributed by atoms with Crippen LogP contribution in [-0.2, 0) is 6.42 Å². The fraction of sp³-hybridized carbons (Fsp3) is 0.455. The van der Waals surface area contributed by atoms with Gasteiger partial charge in [-0.25, -0.2) is 4.39 Å². The number of hydrogen-bond donors (Lipinski definition) is 1. The smallest absolute Gasteiger partial charge is 0.229 e. The number of alkyl halides is 1. The highest BCUT2D eigenvalue weighted by Crippen LogP contribution is 2.38. The summed E-state index contributed by atoms with van der Waals surface area (Å²) in [7, 11) is 2.98. The van der Waals surface area contributed by atoms with Crippen molar-refractivity contribution in [2.75, 3.05) is 27.6 Å². The molecule has 90 valence electrons. The van der Waals surface area contributed by atoms with E-state index < -0.39 is 6.86 Å². The Morgan fingerprint density at radius 1 is 1.19 bits per heavy atom. The Hall–Kier alpha value is -1.49. The second kappa shape index (κ2) is 6.17. The van der Waals surface area contributed by atoms with Crippen LogP contribution in [0.1, 0.15) is 5.56 Å². The van der Waals surface area contributed by atoms with Crippen molar-refractivity contribution in [1.29, 1.82) is 0 Å². The fourth-order valence-electron chi connectivity index (χ4n) is 1.44. The monoisotopic (exact) mass is 229 g/mol. The van der Waals surface area contributed by atoms with Crippen molar-refractivity contribution in [3.05, 3.63) is 17.7 Å². The highest BCUT2D eigenvalue weighted by Gasteiger charge is 2.13. The van der Waals surface area contributed by atoms with E-state index in [4.69, 9.17) is 19.9 Å². The number of benzene rings is 1. The molecule has 0 bridgehead atoms. The van der Waals surface area contributed by atoms with Crippen molar-refractivity contribution in [3.8, 4) is 17.2 Å². The van der Waals surface area contributed by atoms with E-state index in [2.05, 4.69) is 0 Å². The Labute approximate surface area is 94.1 Å². The van der Waals surface area contributed by atoms with Gasteiger partial charge in [-0.1, -0.05) is 0 Å². The zero-order chi connectivity index (χ0) is 12.0. The van der Waals surface area contributed by atoms with E-state index in [-0.39, 0.29) is 5.75 Å². The first-order valence-corrected chi connectivity index (χ1v) is 4.90. The second-order valence-electron chi connectivity index (χ2n) is 3.12. The number of ether oxygens (including phenoxy) is 3. The molecule has 16 heavy (non-hydrogen) atoms. The predicted octanol–water partition coefficient (Wildman–Crippen LogP) is 1.51. The molecule has 5 heteroatoms. The largest absolute Gasteiger partial charge is 0.493 e.